The smallest absolute Gasteiger partial charge is 0.172 e. The first-order valence-electron chi connectivity index (χ1n) is 4.35. The maximum Gasteiger partial charge on any atom is 0.172 e. The summed E-state index contributed by atoms with van der Waals surface area (Å²) >= 11 is 0. The van der Waals surface area contributed by atoms with Gasteiger partial charge in [0.25, 0.3) is 0 Å². The van der Waals surface area contributed by atoms with Gasteiger partial charge in [-0.1, -0.05) is 6.07 Å². The average molecular weight is 194 g/mol. The number of rotatable bonds is 1. The third kappa shape index (κ3) is 1.24. The molecule has 0 spiro atoms. The van der Waals surface area contributed by atoms with Gasteiger partial charge in [0.2, 0.25) is 0 Å². The van der Waals surface area contributed by atoms with Crippen molar-refractivity contribution in [1.29, 1.82) is 0 Å². The van der Waals surface area contributed by atoms with Crippen LogP contribution in [0, 0.1) is 0 Å². The molecule has 0 aliphatic carbocycles. The van der Waals surface area contributed by atoms with Gasteiger partial charge < -0.3 is 14.9 Å². The van der Waals surface area contributed by atoms with Gasteiger partial charge >= 0.3 is 0 Å². The number of carbonyl (C=O) groups is 1. The lowest BCUT2D eigenvalue weighted by Gasteiger charge is -2.18. The highest BCUT2D eigenvalue weighted by atomic mass is 16.5. The van der Waals surface area contributed by atoms with Crippen molar-refractivity contribution >= 4 is 5.78 Å². The molecule has 2 rings (SSSR count). The van der Waals surface area contributed by atoms with E-state index < -0.39 is 0 Å². The van der Waals surface area contributed by atoms with Crippen LogP contribution < -0.4 is 4.74 Å². The largest absolute Gasteiger partial charge is 0.504 e. The number of phenols is 1. The van der Waals surface area contributed by atoms with Gasteiger partial charge in [-0.25, -0.2) is 0 Å². The Bertz CT molecular complexity index is 384. The number of aliphatic hydroxyl groups is 1. The van der Waals surface area contributed by atoms with E-state index in [2.05, 4.69) is 0 Å². The normalized spacial score (nSPS) is 14.8. The highest BCUT2D eigenvalue weighted by Crippen LogP contribution is 2.36. The van der Waals surface area contributed by atoms with Crippen molar-refractivity contribution in [2.45, 2.75) is 13.0 Å². The number of fused-ring (bicyclic) bond motifs is 1. The molecule has 0 atom stereocenters. The second-order valence-electron chi connectivity index (χ2n) is 3.13. The Morgan fingerprint density at radius 3 is 2.93 bits per heavy atom. The molecule has 0 amide bonds. The lowest BCUT2D eigenvalue weighted by atomic mass is 10.0. The fourth-order valence-corrected chi connectivity index (χ4v) is 1.49. The first kappa shape index (κ1) is 9.02. The zero-order valence-electron chi connectivity index (χ0n) is 7.49. The van der Waals surface area contributed by atoms with E-state index in [-0.39, 0.29) is 30.5 Å². The first-order valence-corrected chi connectivity index (χ1v) is 4.35. The number of Topliss-reactive ketones (excluding diaryl/α,β-unsaturated/α-hetero) is 1. The SMILES string of the molecule is O=C1CCOc2c1ccc(CO)c2O. The van der Waals surface area contributed by atoms with Crippen LogP contribution in [0.3, 0.4) is 0 Å². The van der Waals surface area contributed by atoms with Crippen molar-refractivity contribution in [2.75, 3.05) is 6.61 Å². The predicted molar refractivity (Wildman–Crippen MR) is 48.5 cm³/mol. The molecule has 4 heteroatoms. The maximum atomic E-state index is 11.4. The van der Waals surface area contributed by atoms with Crippen LogP contribution in [0.5, 0.6) is 11.5 Å². The summed E-state index contributed by atoms with van der Waals surface area (Å²) in [7, 11) is 0. The second-order valence-corrected chi connectivity index (χ2v) is 3.13. The van der Waals surface area contributed by atoms with Gasteiger partial charge in [-0.2, -0.15) is 0 Å². The standard InChI is InChI=1S/C10H10O4/c11-5-6-1-2-7-8(12)3-4-14-10(7)9(6)13/h1-2,11,13H,3-5H2. The third-order valence-corrected chi connectivity index (χ3v) is 2.26. The number of ketones is 1. The van der Waals surface area contributed by atoms with E-state index in [1.807, 2.05) is 0 Å². The Morgan fingerprint density at radius 2 is 2.21 bits per heavy atom. The quantitative estimate of drug-likeness (QED) is 0.695. The van der Waals surface area contributed by atoms with Crippen LogP contribution in [0.25, 0.3) is 0 Å². The van der Waals surface area contributed by atoms with Crippen molar-refractivity contribution in [2.24, 2.45) is 0 Å². The van der Waals surface area contributed by atoms with Gasteiger partial charge in [0.15, 0.2) is 17.3 Å². The molecule has 4 nitrogen and oxygen atoms in total. The van der Waals surface area contributed by atoms with Gasteiger partial charge in [0.1, 0.15) is 0 Å². The molecule has 14 heavy (non-hydrogen) atoms. The lowest BCUT2D eigenvalue weighted by Crippen LogP contribution is -2.15. The van der Waals surface area contributed by atoms with Crippen molar-refractivity contribution in [3.63, 3.8) is 0 Å². The number of aliphatic hydroxyl groups excluding tert-OH is 1. The van der Waals surface area contributed by atoms with E-state index >= 15 is 0 Å². The molecule has 0 aromatic heterocycles. The fraction of sp³-hybridized carbons (Fsp3) is 0.300. The first-order chi connectivity index (χ1) is 6.74. The molecule has 0 unspecified atom stereocenters. The molecule has 2 N–H and O–H groups in total. The van der Waals surface area contributed by atoms with Crippen molar-refractivity contribution in [1.82, 2.24) is 0 Å². The van der Waals surface area contributed by atoms with Crippen LogP contribution >= 0.6 is 0 Å². The molecule has 0 fully saturated rings. The highest BCUT2D eigenvalue weighted by Gasteiger charge is 2.22. The summed E-state index contributed by atoms with van der Waals surface area (Å²) in [6, 6.07) is 3.10. The third-order valence-electron chi connectivity index (χ3n) is 2.26. The Morgan fingerprint density at radius 1 is 1.43 bits per heavy atom. The molecule has 1 aliphatic rings. The number of ether oxygens (including phenoxy) is 1. The molecular weight excluding hydrogens is 184 g/mol. The van der Waals surface area contributed by atoms with E-state index in [4.69, 9.17) is 9.84 Å². The average Bonchev–Trinajstić information content (AvgIpc) is 2.20. The molecule has 0 saturated carbocycles. The zero-order valence-corrected chi connectivity index (χ0v) is 7.49. The van der Waals surface area contributed by atoms with Gasteiger partial charge in [-0.05, 0) is 6.07 Å². The monoisotopic (exact) mass is 194 g/mol. The van der Waals surface area contributed by atoms with Crippen LogP contribution in [-0.2, 0) is 6.61 Å². The summed E-state index contributed by atoms with van der Waals surface area (Å²) in [4.78, 5) is 11.4. The van der Waals surface area contributed by atoms with Gasteiger partial charge in [0.05, 0.1) is 18.8 Å². The van der Waals surface area contributed by atoms with Crippen molar-refractivity contribution < 1.29 is 19.7 Å². The number of hydrogen-bond donors (Lipinski definition) is 2. The molecule has 1 heterocycles. The highest BCUT2D eigenvalue weighted by molar-refractivity contribution is 6.00. The molecule has 74 valence electrons. The van der Waals surface area contributed by atoms with E-state index in [0.717, 1.165) is 0 Å². The lowest BCUT2D eigenvalue weighted by molar-refractivity contribution is 0.0929. The number of aromatic hydroxyl groups is 1. The minimum atomic E-state index is -0.267. The van der Waals surface area contributed by atoms with E-state index in [1.165, 1.54) is 6.07 Å². The van der Waals surface area contributed by atoms with Crippen LogP contribution in [-0.4, -0.2) is 22.6 Å². The topological polar surface area (TPSA) is 66.8 Å². The number of benzene rings is 1. The van der Waals surface area contributed by atoms with E-state index in [0.29, 0.717) is 17.5 Å². The molecule has 0 radical (unpaired) electrons. The molecular formula is C10H10O4. The van der Waals surface area contributed by atoms with Crippen molar-refractivity contribution in [3.05, 3.63) is 23.3 Å². The van der Waals surface area contributed by atoms with Crippen LogP contribution in [0.15, 0.2) is 12.1 Å². The zero-order chi connectivity index (χ0) is 10.1. The van der Waals surface area contributed by atoms with Crippen molar-refractivity contribution in [3.8, 4) is 11.5 Å². The van der Waals surface area contributed by atoms with Gasteiger partial charge in [0, 0.05) is 12.0 Å². The molecule has 1 aromatic rings. The Hall–Kier alpha value is -1.55. The minimum absolute atomic E-state index is 0.0361. The second kappa shape index (κ2) is 3.31. The number of hydrogen-bond acceptors (Lipinski definition) is 4. The van der Waals surface area contributed by atoms with Gasteiger partial charge in [-0.15, -0.1) is 0 Å². The number of carbonyl (C=O) groups excluding carboxylic acids is 1. The summed E-state index contributed by atoms with van der Waals surface area (Å²) in [5.41, 5.74) is 0.768. The Balaban J connectivity index is 2.57. The summed E-state index contributed by atoms with van der Waals surface area (Å²) in [5, 5.41) is 18.5. The summed E-state index contributed by atoms with van der Waals surface area (Å²) < 4.78 is 5.19. The summed E-state index contributed by atoms with van der Waals surface area (Å²) in [5.74, 6) is 0.0388. The molecule has 1 aliphatic heterocycles. The summed E-state index contributed by atoms with van der Waals surface area (Å²) in [6.07, 6.45) is 0.338. The van der Waals surface area contributed by atoms with E-state index in [9.17, 15) is 9.90 Å². The van der Waals surface area contributed by atoms with Crippen LogP contribution in [0.1, 0.15) is 22.3 Å². The molecule has 1 aromatic carbocycles. The summed E-state index contributed by atoms with van der Waals surface area (Å²) in [6.45, 7) is 0.0188. The van der Waals surface area contributed by atoms with Gasteiger partial charge in [-0.3, -0.25) is 4.79 Å². The Labute approximate surface area is 80.7 Å². The predicted octanol–water partition coefficient (Wildman–Crippen LogP) is 0.850. The van der Waals surface area contributed by atoms with Crippen LogP contribution in [0.2, 0.25) is 0 Å². The maximum absolute atomic E-state index is 11.4. The fourth-order valence-electron chi connectivity index (χ4n) is 1.49. The van der Waals surface area contributed by atoms with Crippen LogP contribution in [0.4, 0.5) is 0 Å². The van der Waals surface area contributed by atoms with E-state index in [1.54, 1.807) is 6.07 Å². The molecule has 0 bridgehead atoms. The minimum Gasteiger partial charge on any atom is -0.504 e. The Kier molecular flexibility index (Phi) is 2.13. The molecule has 0 saturated heterocycles.